The zero-order chi connectivity index (χ0) is 12.4. The van der Waals surface area contributed by atoms with Gasteiger partial charge >= 0.3 is 0 Å². The zero-order valence-electron chi connectivity index (χ0n) is 9.22. The number of thiocarbonyl (C=S) groups is 1. The average molecular weight is 250 g/mol. The van der Waals surface area contributed by atoms with Gasteiger partial charge in [0.25, 0.3) is 5.91 Å². The fraction of sp³-hybridized carbons (Fsp3) is 0.333. The summed E-state index contributed by atoms with van der Waals surface area (Å²) in [6.07, 6.45) is 2.06. The first kappa shape index (κ1) is 11.9. The largest absolute Gasteiger partial charge is 0.507 e. The molecule has 0 radical (unpaired) electrons. The lowest BCUT2D eigenvalue weighted by atomic mass is 10.1. The van der Waals surface area contributed by atoms with Crippen LogP contribution in [-0.4, -0.2) is 22.0 Å². The molecule has 1 saturated carbocycles. The van der Waals surface area contributed by atoms with Gasteiger partial charge in [0.2, 0.25) is 0 Å². The van der Waals surface area contributed by atoms with E-state index in [2.05, 4.69) is 5.32 Å². The van der Waals surface area contributed by atoms with Crippen molar-refractivity contribution in [2.75, 3.05) is 0 Å². The maximum atomic E-state index is 11.9. The molecule has 0 heterocycles. The highest BCUT2D eigenvalue weighted by molar-refractivity contribution is 7.80. The fourth-order valence-corrected chi connectivity index (χ4v) is 1.99. The second-order valence-electron chi connectivity index (χ2n) is 4.21. The molecular formula is C12H14N2O2S. The van der Waals surface area contributed by atoms with Gasteiger partial charge in [-0.1, -0.05) is 24.4 Å². The molecule has 0 saturated heterocycles. The Morgan fingerprint density at radius 1 is 1.47 bits per heavy atom. The lowest BCUT2D eigenvalue weighted by molar-refractivity contribution is 0.0941. The Hall–Kier alpha value is -1.62. The van der Waals surface area contributed by atoms with E-state index in [0.29, 0.717) is 10.9 Å². The number of nitrogens with one attached hydrogen (secondary N) is 1. The standard InChI is InChI=1S/C12H14N2O2S/c13-11(17)10(7-5-6-7)14-12(16)8-3-1-2-4-9(8)15/h1-4,7,10,15H,5-6H2,(H2,13,17)(H,14,16). The molecule has 0 aliphatic heterocycles. The van der Waals surface area contributed by atoms with E-state index >= 15 is 0 Å². The minimum Gasteiger partial charge on any atom is -0.507 e. The van der Waals surface area contributed by atoms with Gasteiger partial charge in [-0.2, -0.15) is 0 Å². The van der Waals surface area contributed by atoms with Gasteiger partial charge in [0.1, 0.15) is 5.75 Å². The van der Waals surface area contributed by atoms with E-state index in [1.807, 2.05) is 0 Å². The average Bonchev–Trinajstić information content (AvgIpc) is 3.09. The number of rotatable bonds is 4. The third-order valence-corrected chi connectivity index (χ3v) is 3.09. The monoisotopic (exact) mass is 250 g/mol. The van der Waals surface area contributed by atoms with Crippen LogP contribution in [0.15, 0.2) is 24.3 Å². The van der Waals surface area contributed by atoms with Crippen molar-refractivity contribution >= 4 is 23.1 Å². The maximum Gasteiger partial charge on any atom is 0.255 e. The van der Waals surface area contributed by atoms with Crippen LogP contribution in [0.1, 0.15) is 23.2 Å². The molecule has 2 rings (SSSR count). The lowest BCUT2D eigenvalue weighted by Gasteiger charge is -2.17. The Balaban J connectivity index is 2.10. The predicted molar refractivity (Wildman–Crippen MR) is 68.9 cm³/mol. The highest BCUT2D eigenvalue weighted by Crippen LogP contribution is 2.33. The first-order chi connectivity index (χ1) is 8.09. The Kier molecular flexibility index (Phi) is 3.28. The maximum absolute atomic E-state index is 11.9. The smallest absolute Gasteiger partial charge is 0.255 e. The summed E-state index contributed by atoms with van der Waals surface area (Å²) in [5, 5.41) is 12.3. The quantitative estimate of drug-likeness (QED) is 0.702. The molecule has 1 aliphatic carbocycles. The number of carbonyl (C=O) groups is 1. The molecule has 4 nitrogen and oxygen atoms in total. The van der Waals surface area contributed by atoms with Gasteiger partial charge in [-0.25, -0.2) is 0 Å². The third kappa shape index (κ3) is 2.74. The summed E-state index contributed by atoms with van der Waals surface area (Å²) < 4.78 is 0. The number of phenols is 1. The number of hydrogen-bond acceptors (Lipinski definition) is 3. The van der Waals surface area contributed by atoms with E-state index in [9.17, 15) is 9.90 Å². The van der Waals surface area contributed by atoms with Crippen LogP contribution in [0, 0.1) is 5.92 Å². The first-order valence-corrected chi connectivity index (χ1v) is 5.88. The van der Waals surface area contributed by atoms with Crippen molar-refractivity contribution in [3.8, 4) is 5.75 Å². The van der Waals surface area contributed by atoms with Gasteiger partial charge in [-0.15, -0.1) is 0 Å². The Bertz CT molecular complexity index is 458. The van der Waals surface area contributed by atoms with Crippen molar-refractivity contribution in [3.63, 3.8) is 0 Å². The molecule has 1 fully saturated rings. The molecule has 1 aromatic rings. The topological polar surface area (TPSA) is 75.3 Å². The van der Waals surface area contributed by atoms with Gasteiger partial charge in [-0.05, 0) is 30.9 Å². The van der Waals surface area contributed by atoms with E-state index in [1.54, 1.807) is 18.2 Å². The Morgan fingerprint density at radius 2 is 2.12 bits per heavy atom. The number of carbonyl (C=O) groups excluding carboxylic acids is 1. The van der Waals surface area contributed by atoms with Crippen molar-refractivity contribution < 1.29 is 9.90 Å². The molecule has 0 aromatic heterocycles. The summed E-state index contributed by atoms with van der Waals surface area (Å²) in [7, 11) is 0. The number of benzene rings is 1. The minimum absolute atomic E-state index is 0.0394. The molecule has 5 heteroatoms. The number of amides is 1. The van der Waals surface area contributed by atoms with Gasteiger partial charge < -0.3 is 16.2 Å². The second-order valence-corrected chi connectivity index (χ2v) is 4.68. The lowest BCUT2D eigenvalue weighted by Crippen LogP contribution is -2.45. The van der Waals surface area contributed by atoms with Crippen LogP contribution in [0.25, 0.3) is 0 Å². The second kappa shape index (κ2) is 4.71. The summed E-state index contributed by atoms with van der Waals surface area (Å²) in [5.74, 6) is -0.0300. The fourth-order valence-electron chi connectivity index (χ4n) is 1.74. The van der Waals surface area contributed by atoms with Crippen LogP contribution in [0.5, 0.6) is 5.75 Å². The number of nitrogens with two attached hydrogens (primary N) is 1. The molecule has 4 N–H and O–H groups in total. The molecule has 1 amide bonds. The van der Waals surface area contributed by atoms with Crippen LogP contribution in [0.4, 0.5) is 0 Å². The molecule has 1 unspecified atom stereocenters. The molecule has 0 spiro atoms. The highest BCUT2D eigenvalue weighted by atomic mass is 32.1. The van der Waals surface area contributed by atoms with E-state index < -0.39 is 0 Å². The summed E-state index contributed by atoms with van der Waals surface area (Å²) >= 11 is 4.93. The van der Waals surface area contributed by atoms with E-state index in [0.717, 1.165) is 12.8 Å². The molecule has 17 heavy (non-hydrogen) atoms. The summed E-state index contributed by atoms with van der Waals surface area (Å²) in [5.41, 5.74) is 5.84. The van der Waals surface area contributed by atoms with E-state index in [4.69, 9.17) is 18.0 Å². The van der Waals surface area contributed by atoms with E-state index in [1.165, 1.54) is 6.07 Å². The predicted octanol–water partition coefficient (Wildman–Crippen LogP) is 1.19. The van der Waals surface area contributed by atoms with Crippen LogP contribution < -0.4 is 11.1 Å². The van der Waals surface area contributed by atoms with Crippen LogP contribution in [0.3, 0.4) is 0 Å². The molecule has 0 bridgehead atoms. The first-order valence-electron chi connectivity index (χ1n) is 5.48. The molecular weight excluding hydrogens is 236 g/mol. The van der Waals surface area contributed by atoms with Crippen LogP contribution in [0.2, 0.25) is 0 Å². The van der Waals surface area contributed by atoms with Crippen molar-refractivity contribution in [2.45, 2.75) is 18.9 Å². The molecule has 1 aromatic carbocycles. The Labute approximate surface area is 105 Å². The SMILES string of the molecule is NC(=S)C(NC(=O)c1ccccc1O)C1CC1. The molecule has 90 valence electrons. The number of aromatic hydroxyl groups is 1. The van der Waals surface area contributed by atoms with Crippen LogP contribution >= 0.6 is 12.2 Å². The number of hydrogen-bond donors (Lipinski definition) is 3. The van der Waals surface area contributed by atoms with Gasteiger partial charge in [0.05, 0.1) is 16.6 Å². The Morgan fingerprint density at radius 3 is 2.65 bits per heavy atom. The normalized spacial score (nSPS) is 16.2. The molecule has 1 atom stereocenters. The summed E-state index contributed by atoms with van der Waals surface area (Å²) in [4.78, 5) is 12.2. The van der Waals surface area contributed by atoms with Crippen molar-refractivity contribution in [3.05, 3.63) is 29.8 Å². The zero-order valence-corrected chi connectivity index (χ0v) is 10.0. The summed E-state index contributed by atoms with van der Waals surface area (Å²) in [6.45, 7) is 0. The minimum atomic E-state index is -0.340. The third-order valence-electron chi connectivity index (χ3n) is 2.84. The van der Waals surface area contributed by atoms with Crippen LogP contribution in [-0.2, 0) is 0 Å². The summed E-state index contributed by atoms with van der Waals surface area (Å²) in [6, 6.07) is 6.13. The highest BCUT2D eigenvalue weighted by Gasteiger charge is 2.34. The van der Waals surface area contributed by atoms with Crippen molar-refractivity contribution in [2.24, 2.45) is 11.7 Å². The number of para-hydroxylation sites is 1. The van der Waals surface area contributed by atoms with Gasteiger partial charge in [-0.3, -0.25) is 4.79 Å². The van der Waals surface area contributed by atoms with Crippen molar-refractivity contribution in [1.29, 1.82) is 0 Å². The number of phenolic OH excluding ortho intramolecular Hbond substituents is 1. The van der Waals surface area contributed by atoms with Gasteiger partial charge in [0, 0.05) is 0 Å². The molecule has 1 aliphatic rings. The van der Waals surface area contributed by atoms with E-state index in [-0.39, 0.29) is 23.3 Å². The van der Waals surface area contributed by atoms with Gasteiger partial charge in [0.15, 0.2) is 0 Å². The van der Waals surface area contributed by atoms with Crippen molar-refractivity contribution in [1.82, 2.24) is 5.32 Å².